The van der Waals surface area contributed by atoms with Crippen LogP contribution in [0, 0.1) is 18.8 Å². The number of hydrogen-bond donors (Lipinski definition) is 0. The summed E-state index contributed by atoms with van der Waals surface area (Å²) >= 11 is 1.71. The molecule has 0 spiro atoms. The number of aryl methyl sites for hydroxylation is 1. The lowest BCUT2D eigenvalue weighted by Gasteiger charge is -2.37. The maximum atomic E-state index is 13.2. The van der Waals surface area contributed by atoms with Crippen LogP contribution >= 0.6 is 11.3 Å². The largest absolute Gasteiger partial charge is 0.466 e. The van der Waals surface area contributed by atoms with Gasteiger partial charge in [-0.15, -0.1) is 0 Å². The highest BCUT2D eigenvalue weighted by Gasteiger charge is 2.34. The highest BCUT2D eigenvalue weighted by Crippen LogP contribution is 2.33. The van der Waals surface area contributed by atoms with Crippen LogP contribution in [0.25, 0.3) is 10.2 Å². The number of hydrogen-bond acceptors (Lipinski definition) is 6. The summed E-state index contributed by atoms with van der Waals surface area (Å²) in [5, 5.41) is 1.01. The number of ether oxygens (including phenoxy) is 1. The van der Waals surface area contributed by atoms with Crippen molar-refractivity contribution in [3.05, 3.63) is 23.8 Å². The Balaban J connectivity index is 1.43. The molecule has 2 aliphatic heterocycles. The van der Waals surface area contributed by atoms with Gasteiger partial charge in [0.25, 0.3) is 0 Å². The molecule has 0 bridgehead atoms. The van der Waals surface area contributed by atoms with E-state index in [1.54, 1.807) is 11.3 Å². The zero-order valence-corrected chi connectivity index (χ0v) is 18.0. The molecule has 0 saturated carbocycles. The van der Waals surface area contributed by atoms with Crippen LogP contribution in [0.1, 0.15) is 38.2 Å². The van der Waals surface area contributed by atoms with Gasteiger partial charge >= 0.3 is 5.97 Å². The summed E-state index contributed by atoms with van der Waals surface area (Å²) in [6.45, 7) is 7.19. The van der Waals surface area contributed by atoms with Crippen LogP contribution in [0.5, 0.6) is 0 Å². The second-order valence-corrected chi connectivity index (χ2v) is 9.14. The molecule has 4 rings (SSSR count). The predicted molar refractivity (Wildman–Crippen MR) is 115 cm³/mol. The van der Waals surface area contributed by atoms with E-state index >= 15 is 0 Å². The first-order valence-electron chi connectivity index (χ1n) is 10.6. The van der Waals surface area contributed by atoms with E-state index in [1.807, 2.05) is 11.8 Å². The van der Waals surface area contributed by atoms with Crippen molar-refractivity contribution in [3.63, 3.8) is 0 Å². The van der Waals surface area contributed by atoms with Gasteiger partial charge in [0.1, 0.15) is 0 Å². The summed E-state index contributed by atoms with van der Waals surface area (Å²) in [6, 6.07) is 6.33. The standard InChI is InChI=1S/C22H29N3O3S/c1-3-28-21(27)17-7-5-10-24(14-17)20(26)16-6-4-11-25(13-16)22-23-18-9-8-15(2)12-19(18)29-22/h8-9,12,16-17H,3-7,10-11,13-14H2,1-2H3. The van der Waals surface area contributed by atoms with Gasteiger partial charge in [-0.3, -0.25) is 9.59 Å². The number of fused-ring (bicyclic) bond motifs is 1. The highest BCUT2D eigenvalue weighted by atomic mass is 32.1. The molecule has 2 unspecified atom stereocenters. The van der Waals surface area contributed by atoms with Crippen molar-refractivity contribution in [2.24, 2.45) is 11.8 Å². The van der Waals surface area contributed by atoms with Gasteiger partial charge in [-0.25, -0.2) is 4.98 Å². The van der Waals surface area contributed by atoms with Crippen molar-refractivity contribution in [1.82, 2.24) is 9.88 Å². The molecule has 0 aliphatic carbocycles. The van der Waals surface area contributed by atoms with Gasteiger partial charge in [0.2, 0.25) is 5.91 Å². The number of benzene rings is 1. The smallest absolute Gasteiger partial charge is 0.310 e. The van der Waals surface area contributed by atoms with E-state index in [0.29, 0.717) is 19.7 Å². The third-order valence-electron chi connectivity index (χ3n) is 5.93. The molecule has 29 heavy (non-hydrogen) atoms. The summed E-state index contributed by atoms with van der Waals surface area (Å²) in [6.07, 6.45) is 3.56. The van der Waals surface area contributed by atoms with Gasteiger partial charge in [0, 0.05) is 26.2 Å². The molecule has 2 aliphatic rings. The molecule has 2 saturated heterocycles. The van der Waals surface area contributed by atoms with E-state index in [2.05, 4.69) is 30.0 Å². The Morgan fingerprint density at radius 2 is 1.97 bits per heavy atom. The van der Waals surface area contributed by atoms with E-state index in [4.69, 9.17) is 9.72 Å². The van der Waals surface area contributed by atoms with Crippen LogP contribution in [0.15, 0.2) is 18.2 Å². The molecule has 2 aromatic rings. The Morgan fingerprint density at radius 1 is 1.17 bits per heavy atom. The zero-order valence-electron chi connectivity index (χ0n) is 17.2. The maximum Gasteiger partial charge on any atom is 0.310 e. The third kappa shape index (κ3) is 4.39. The molecule has 0 N–H and O–H groups in total. The average Bonchev–Trinajstić information content (AvgIpc) is 3.17. The van der Waals surface area contributed by atoms with Crippen molar-refractivity contribution >= 4 is 38.6 Å². The molecule has 1 aromatic heterocycles. The molecule has 6 nitrogen and oxygen atoms in total. The summed E-state index contributed by atoms with van der Waals surface area (Å²) < 4.78 is 6.37. The van der Waals surface area contributed by atoms with Gasteiger partial charge in [-0.05, 0) is 57.2 Å². The summed E-state index contributed by atoms with van der Waals surface area (Å²) in [7, 11) is 0. The molecule has 1 amide bonds. The lowest BCUT2D eigenvalue weighted by molar-refractivity contribution is -0.152. The van der Waals surface area contributed by atoms with Crippen LogP contribution in [0.2, 0.25) is 0 Å². The summed E-state index contributed by atoms with van der Waals surface area (Å²) in [5.41, 5.74) is 2.26. The summed E-state index contributed by atoms with van der Waals surface area (Å²) in [5.74, 6) is -0.195. The van der Waals surface area contributed by atoms with E-state index in [0.717, 1.165) is 49.4 Å². The molecule has 1 aromatic carbocycles. The van der Waals surface area contributed by atoms with Crippen LogP contribution < -0.4 is 4.90 Å². The first-order valence-corrected chi connectivity index (χ1v) is 11.4. The van der Waals surface area contributed by atoms with Crippen molar-refractivity contribution in [2.75, 3.05) is 37.7 Å². The van der Waals surface area contributed by atoms with Gasteiger partial charge < -0.3 is 14.5 Å². The third-order valence-corrected chi connectivity index (χ3v) is 7.01. The summed E-state index contributed by atoms with van der Waals surface area (Å²) in [4.78, 5) is 34.3. The van der Waals surface area contributed by atoms with Crippen molar-refractivity contribution in [3.8, 4) is 0 Å². The number of piperidine rings is 2. The Bertz CT molecular complexity index is 897. The maximum absolute atomic E-state index is 13.2. The Labute approximate surface area is 175 Å². The van der Waals surface area contributed by atoms with Crippen LogP contribution in [0.4, 0.5) is 5.13 Å². The number of amides is 1. The molecular formula is C22H29N3O3S. The van der Waals surface area contributed by atoms with Gasteiger partial charge in [0.05, 0.1) is 28.7 Å². The molecule has 2 fully saturated rings. The fourth-order valence-electron chi connectivity index (χ4n) is 4.40. The minimum atomic E-state index is -0.181. The molecule has 2 atom stereocenters. The van der Waals surface area contributed by atoms with E-state index < -0.39 is 0 Å². The van der Waals surface area contributed by atoms with Gasteiger partial charge in [-0.1, -0.05) is 17.4 Å². The van der Waals surface area contributed by atoms with Crippen LogP contribution in [-0.2, 0) is 14.3 Å². The molecular weight excluding hydrogens is 386 g/mol. The number of aromatic nitrogens is 1. The number of anilines is 1. The second kappa shape index (κ2) is 8.69. The average molecular weight is 416 g/mol. The number of nitrogens with zero attached hydrogens (tertiary/aromatic N) is 3. The number of esters is 1. The topological polar surface area (TPSA) is 62.7 Å². The van der Waals surface area contributed by atoms with Crippen molar-refractivity contribution < 1.29 is 14.3 Å². The zero-order chi connectivity index (χ0) is 20.4. The van der Waals surface area contributed by atoms with E-state index in [1.165, 1.54) is 10.3 Å². The Hall–Kier alpha value is -2.15. The van der Waals surface area contributed by atoms with Gasteiger partial charge in [0.15, 0.2) is 5.13 Å². The number of carbonyl (C=O) groups is 2. The SMILES string of the molecule is CCOC(=O)C1CCCN(C(=O)C2CCCN(c3nc4ccc(C)cc4s3)C2)C1. The monoisotopic (exact) mass is 415 g/mol. The van der Waals surface area contributed by atoms with E-state index in [-0.39, 0.29) is 23.7 Å². The first kappa shape index (κ1) is 20.1. The number of rotatable bonds is 4. The molecule has 7 heteroatoms. The predicted octanol–water partition coefficient (Wildman–Crippen LogP) is 3.62. The van der Waals surface area contributed by atoms with Crippen molar-refractivity contribution in [1.29, 1.82) is 0 Å². The lowest BCUT2D eigenvalue weighted by atomic mass is 9.93. The lowest BCUT2D eigenvalue weighted by Crippen LogP contribution is -2.49. The van der Waals surface area contributed by atoms with E-state index in [9.17, 15) is 9.59 Å². The Kier molecular flexibility index (Phi) is 6.04. The Morgan fingerprint density at radius 3 is 2.79 bits per heavy atom. The number of likely N-dealkylation sites (tertiary alicyclic amines) is 1. The van der Waals surface area contributed by atoms with Gasteiger partial charge in [-0.2, -0.15) is 0 Å². The number of thiazole rings is 1. The normalized spacial score (nSPS) is 22.7. The molecule has 156 valence electrons. The molecule has 0 radical (unpaired) electrons. The quantitative estimate of drug-likeness (QED) is 0.714. The molecule has 3 heterocycles. The fourth-order valence-corrected chi connectivity index (χ4v) is 5.49. The van der Waals surface area contributed by atoms with Crippen LogP contribution in [0.3, 0.4) is 0 Å². The minimum absolute atomic E-state index is 0.0292. The van der Waals surface area contributed by atoms with Crippen LogP contribution in [-0.4, -0.2) is 54.5 Å². The second-order valence-electron chi connectivity index (χ2n) is 8.13. The minimum Gasteiger partial charge on any atom is -0.466 e. The van der Waals surface area contributed by atoms with Crippen molar-refractivity contribution in [2.45, 2.75) is 39.5 Å². The highest BCUT2D eigenvalue weighted by molar-refractivity contribution is 7.22. The fraction of sp³-hybridized carbons (Fsp3) is 0.591. The first-order chi connectivity index (χ1) is 14.0. The number of carbonyl (C=O) groups excluding carboxylic acids is 2.